The molecule has 0 radical (unpaired) electrons. The van der Waals surface area contributed by atoms with E-state index in [4.69, 9.17) is 9.47 Å². The van der Waals surface area contributed by atoms with Gasteiger partial charge in [0.15, 0.2) is 11.5 Å². The highest BCUT2D eigenvalue weighted by Crippen LogP contribution is 2.37. The van der Waals surface area contributed by atoms with E-state index >= 15 is 0 Å². The van der Waals surface area contributed by atoms with Gasteiger partial charge in [0.2, 0.25) is 11.8 Å². The van der Waals surface area contributed by atoms with Gasteiger partial charge in [0.05, 0.1) is 20.1 Å². The molecule has 0 N–H and O–H groups in total. The summed E-state index contributed by atoms with van der Waals surface area (Å²) in [5.74, 6) is 1.55. The highest BCUT2D eigenvalue weighted by Gasteiger charge is 2.40. The maximum atomic E-state index is 12.8. The van der Waals surface area contributed by atoms with Gasteiger partial charge in [-0.1, -0.05) is 0 Å². The van der Waals surface area contributed by atoms with Gasteiger partial charge in [0, 0.05) is 37.8 Å². The summed E-state index contributed by atoms with van der Waals surface area (Å²) >= 11 is 0. The summed E-state index contributed by atoms with van der Waals surface area (Å²) in [6, 6.07) is 5.62. The van der Waals surface area contributed by atoms with Gasteiger partial charge in [-0.2, -0.15) is 0 Å². The molecule has 0 bridgehead atoms. The van der Waals surface area contributed by atoms with Crippen LogP contribution in [0.1, 0.15) is 26.2 Å². The van der Waals surface area contributed by atoms with Crippen LogP contribution in [0.25, 0.3) is 0 Å². The van der Waals surface area contributed by atoms with Crippen molar-refractivity contribution in [2.75, 3.05) is 32.7 Å². The molecule has 3 rings (SSSR count). The summed E-state index contributed by atoms with van der Waals surface area (Å²) in [5, 5.41) is 0. The number of anilines is 1. The maximum Gasteiger partial charge on any atom is 0.228 e. The van der Waals surface area contributed by atoms with Crippen molar-refractivity contribution in [1.82, 2.24) is 4.90 Å². The predicted octanol–water partition coefficient (Wildman–Crippen LogP) is 2.31. The van der Waals surface area contributed by atoms with E-state index in [9.17, 15) is 9.59 Å². The minimum Gasteiger partial charge on any atom is -0.493 e. The smallest absolute Gasteiger partial charge is 0.228 e. The van der Waals surface area contributed by atoms with Crippen molar-refractivity contribution < 1.29 is 19.1 Å². The van der Waals surface area contributed by atoms with E-state index in [1.54, 1.807) is 31.3 Å². The van der Waals surface area contributed by atoms with E-state index in [2.05, 4.69) is 6.92 Å². The monoisotopic (exact) mass is 346 g/mol. The molecule has 1 aromatic rings. The number of rotatable bonds is 6. The lowest BCUT2D eigenvalue weighted by Gasteiger charge is -2.27. The van der Waals surface area contributed by atoms with Crippen molar-refractivity contribution in [3.05, 3.63) is 18.2 Å². The molecule has 2 unspecified atom stereocenters. The quantitative estimate of drug-likeness (QED) is 0.793. The number of benzene rings is 1. The number of hydrogen-bond donors (Lipinski definition) is 0. The Labute approximate surface area is 148 Å². The summed E-state index contributed by atoms with van der Waals surface area (Å²) in [4.78, 5) is 28.7. The molecule has 6 heteroatoms. The van der Waals surface area contributed by atoms with Gasteiger partial charge in [-0.3, -0.25) is 9.59 Å². The lowest BCUT2D eigenvalue weighted by Crippen LogP contribution is -2.41. The fraction of sp³-hybridized carbons (Fsp3) is 0.579. The first-order chi connectivity index (χ1) is 12.0. The summed E-state index contributed by atoms with van der Waals surface area (Å²) in [7, 11) is 4.99. The molecule has 2 atom stereocenters. The molecule has 25 heavy (non-hydrogen) atoms. The molecular formula is C19H26N2O4. The Hall–Kier alpha value is -2.24. The maximum absolute atomic E-state index is 12.8. The molecule has 1 heterocycles. The lowest BCUT2D eigenvalue weighted by molar-refractivity contribution is -0.136. The van der Waals surface area contributed by atoms with E-state index in [0.29, 0.717) is 24.0 Å². The van der Waals surface area contributed by atoms with Gasteiger partial charge in [0.1, 0.15) is 0 Å². The molecule has 136 valence electrons. The molecule has 1 aliphatic carbocycles. The van der Waals surface area contributed by atoms with E-state index in [0.717, 1.165) is 5.69 Å². The summed E-state index contributed by atoms with van der Waals surface area (Å²) in [6.45, 7) is 2.51. The zero-order valence-corrected chi connectivity index (χ0v) is 15.3. The van der Waals surface area contributed by atoms with Gasteiger partial charge < -0.3 is 19.3 Å². The third-order valence-corrected chi connectivity index (χ3v) is 5.42. The van der Waals surface area contributed by atoms with Crippen LogP contribution in [-0.4, -0.2) is 50.6 Å². The second-order valence-corrected chi connectivity index (χ2v) is 6.97. The molecule has 2 amide bonds. The Balaban J connectivity index is 1.73. The zero-order chi connectivity index (χ0) is 18.1. The van der Waals surface area contributed by atoms with Crippen LogP contribution in [0.5, 0.6) is 11.5 Å². The van der Waals surface area contributed by atoms with E-state index in [1.807, 2.05) is 18.0 Å². The topological polar surface area (TPSA) is 59.1 Å². The van der Waals surface area contributed by atoms with E-state index in [1.165, 1.54) is 12.8 Å². The van der Waals surface area contributed by atoms with E-state index < -0.39 is 0 Å². The minimum absolute atomic E-state index is 0.0296. The standard InChI is InChI=1S/C19H26N2O4/c1-12(13-5-6-13)20(2)19(23)14-9-18(22)21(11-14)15-7-8-16(24-3)17(10-15)25-4/h7-8,10,12-14H,5-6,9,11H2,1-4H3. The minimum atomic E-state index is -0.285. The Morgan fingerprint density at radius 3 is 2.52 bits per heavy atom. The number of carbonyl (C=O) groups excluding carboxylic acids is 2. The Morgan fingerprint density at radius 1 is 1.24 bits per heavy atom. The van der Waals surface area contributed by atoms with Crippen molar-refractivity contribution in [2.45, 2.75) is 32.2 Å². The molecule has 1 aliphatic heterocycles. The van der Waals surface area contributed by atoms with Crippen molar-refractivity contribution in [2.24, 2.45) is 11.8 Å². The fourth-order valence-electron chi connectivity index (χ4n) is 3.50. The molecule has 0 aromatic heterocycles. The molecule has 0 spiro atoms. The molecule has 1 aromatic carbocycles. The number of hydrogen-bond acceptors (Lipinski definition) is 4. The Morgan fingerprint density at radius 2 is 1.92 bits per heavy atom. The Bertz CT molecular complexity index is 671. The molecule has 6 nitrogen and oxygen atoms in total. The first-order valence-electron chi connectivity index (χ1n) is 8.75. The van der Waals surface area contributed by atoms with Crippen LogP contribution in [0, 0.1) is 11.8 Å². The fourth-order valence-corrected chi connectivity index (χ4v) is 3.50. The summed E-state index contributed by atoms with van der Waals surface area (Å²) < 4.78 is 10.5. The van der Waals surface area contributed by atoms with Gasteiger partial charge in [0.25, 0.3) is 0 Å². The van der Waals surface area contributed by atoms with Crippen LogP contribution < -0.4 is 14.4 Å². The first kappa shape index (κ1) is 17.6. The van der Waals surface area contributed by atoms with Crippen LogP contribution >= 0.6 is 0 Å². The highest BCUT2D eigenvalue weighted by molar-refractivity contribution is 6.00. The van der Waals surface area contributed by atoms with E-state index in [-0.39, 0.29) is 30.2 Å². The Kier molecular flexibility index (Phi) is 4.88. The van der Waals surface area contributed by atoms with Crippen molar-refractivity contribution in [3.8, 4) is 11.5 Å². The molecule has 2 aliphatic rings. The van der Waals surface area contributed by atoms with Crippen LogP contribution in [0.3, 0.4) is 0 Å². The lowest BCUT2D eigenvalue weighted by atomic mass is 10.1. The average molecular weight is 346 g/mol. The molecular weight excluding hydrogens is 320 g/mol. The summed E-state index contributed by atoms with van der Waals surface area (Å²) in [6.07, 6.45) is 2.65. The second-order valence-electron chi connectivity index (χ2n) is 6.97. The van der Waals surface area contributed by atoms with Crippen molar-refractivity contribution in [3.63, 3.8) is 0 Å². The van der Waals surface area contributed by atoms with Gasteiger partial charge in [-0.05, 0) is 37.8 Å². The van der Waals surface area contributed by atoms with Gasteiger partial charge in [-0.15, -0.1) is 0 Å². The van der Waals surface area contributed by atoms with Crippen LogP contribution in [0.15, 0.2) is 18.2 Å². The number of amides is 2. The molecule has 1 saturated heterocycles. The van der Waals surface area contributed by atoms with Gasteiger partial charge >= 0.3 is 0 Å². The third-order valence-electron chi connectivity index (χ3n) is 5.42. The summed E-state index contributed by atoms with van der Waals surface area (Å²) in [5.41, 5.74) is 0.732. The number of methoxy groups -OCH3 is 2. The molecule has 1 saturated carbocycles. The van der Waals surface area contributed by atoms with Crippen LogP contribution in [0.4, 0.5) is 5.69 Å². The zero-order valence-electron chi connectivity index (χ0n) is 15.3. The SMILES string of the molecule is COc1ccc(N2CC(C(=O)N(C)C(C)C3CC3)CC2=O)cc1OC. The number of nitrogens with zero attached hydrogens (tertiary/aromatic N) is 2. The number of carbonyl (C=O) groups is 2. The predicted molar refractivity (Wildman–Crippen MR) is 95.0 cm³/mol. The normalized spacial score (nSPS) is 21.2. The third kappa shape index (κ3) is 3.43. The first-order valence-corrected chi connectivity index (χ1v) is 8.75. The molecule has 2 fully saturated rings. The largest absolute Gasteiger partial charge is 0.493 e. The number of ether oxygens (including phenoxy) is 2. The van der Waals surface area contributed by atoms with Crippen molar-refractivity contribution >= 4 is 17.5 Å². The highest BCUT2D eigenvalue weighted by atomic mass is 16.5. The van der Waals surface area contributed by atoms with Gasteiger partial charge in [-0.25, -0.2) is 0 Å². The van der Waals surface area contributed by atoms with Crippen LogP contribution in [-0.2, 0) is 9.59 Å². The second kappa shape index (κ2) is 6.94. The van der Waals surface area contributed by atoms with Crippen molar-refractivity contribution in [1.29, 1.82) is 0 Å². The average Bonchev–Trinajstić information content (AvgIpc) is 3.41. The van der Waals surface area contributed by atoms with Crippen LogP contribution in [0.2, 0.25) is 0 Å².